The van der Waals surface area contributed by atoms with Crippen molar-refractivity contribution < 1.29 is 39.0 Å². The van der Waals surface area contributed by atoms with Crippen LogP contribution in [-0.2, 0) is 41.6 Å². The van der Waals surface area contributed by atoms with Gasteiger partial charge in [-0.15, -0.1) is 0 Å². The molecule has 0 bridgehead atoms. The number of benzene rings is 2. The van der Waals surface area contributed by atoms with Gasteiger partial charge in [0.25, 0.3) is 5.91 Å². The minimum atomic E-state index is -1.84. The Labute approximate surface area is 306 Å². The van der Waals surface area contributed by atoms with Crippen LogP contribution in [0.4, 0.5) is 0 Å². The Kier molecular flexibility index (Phi) is 14.7. The second kappa shape index (κ2) is 19.6. The van der Waals surface area contributed by atoms with Gasteiger partial charge in [-0.05, 0) is 55.4 Å². The number of aliphatic imine (C=N–C) groups is 1. The fourth-order valence-corrected chi connectivity index (χ4v) is 6.21. The number of nitrogens with two attached hydrogens (primary N) is 2. The molecule has 6 amide bonds. The largest absolute Gasteiger partial charge is 0.508 e. The molecule has 284 valence electrons. The molecule has 2 aromatic carbocycles. The zero-order chi connectivity index (χ0) is 38.3. The van der Waals surface area contributed by atoms with Crippen molar-refractivity contribution in [2.45, 2.75) is 74.8 Å². The number of fused-ring (bicyclic) bond motifs is 1. The van der Waals surface area contributed by atoms with Gasteiger partial charge in [0.05, 0.1) is 12.1 Å². The molecule has 0 unspecified atom stereocenters. The van der Waals surface area contributed by atoms with Gasteiger partial charge >= 0.3 is 0 Å². The first-order valence-corrected chi connectivity index (χ1v) is 17.4. The molecule has 53 heavy (non-hydrogen) atoms. The number of hydrogen-bond donors (Lipinski definition) is 9. The van der Waals surface area contributed by atoms with Crippen LogP contribution >= 0.6 is 0 Å². The molecule has 0 radical (unpaired) electrons. The number of rotatable bonds is 10. The highest BCUT2D eigenvalue weighted by atomic mass is 16.3. The second-order valence-electron chi connectivity index (χ2n) is 12.9. The van der Waals surface area contributed by atoms with Gasteiger partial charge < -0.3 is 53.2 Å². The van der Waals surface area contributed by atoms with Crippen LogP contribution in [0.1, 0.15) is 36.8 Å². The standard InChI is InChI=1S/C36H47N9O8/c37-36(38)39-16-4-8-26-31(49)34(52)44-27(19-22-6-2-1-3-7-22)32(50)42-24(18-23-10-13-25(47)14-11-23)12-15-30(48)40-20-28(41-21-46)35(53)45-17-5-9-29(45)33(51)43-26/h1-3,6-7,10-15,21,24,26-29,31,47,49H,4-5,8-9,16-20H2,(H,40,48)(H,41,46)(H,42,50)(H,43,51)(H,44,52)(H4,37,38,39)/b15-12+/t24-,26+,27-,28+,29+,31-/m1/s1. The normalized spacial score (nSPS) is 25.2. The predicted octanol–water partition coefficient (Wildman–Crippen LogP) is -2.16. The highest BCUT2D eigenvalue weighted by Gasteiger charge is 2.39. The summed E-state index contributed by atoms with van der Waals surface area (Å²) in [7, 11) is 0. The molecule has 1 fully saturated rings. The van der Waals surface area contributed by atoms with Crippen molar-refractivity contribution in [1.82, 2.24) is 31.5 Å². The summed E-state index contributed by atoms with van der Waals surface area (Å²) in [6, 6.07) is 9.76. The molecule has 1 saturated heterocycles. The second-order valence-corrected chi connectivity index (χ2v) is 12.9. The summed E-state index contributed by atoms with van der Waals surface area (Å²) in [5, 5.41) is 34.4. The maximum Gasteiger partial charge on any atom is 0.251 e. The van der Waals surface area contributed by atoms with Crippen LogP contribution < -0.4 is 38.1 Å². The van der Waals surface area contributed by atoms with Crippen LogP contribution in [0.2, 0.25) is 0 Å². The number of aliphatic hydroxyl groups excluding tert-OH is 1. The van der Waals surface area contributed by atoms with Crippen molar-refractivity contribution >= 4 is 41.9 Å². The minimum absolute atomic E-state index is 0.0348. The number of nitrogens with one attached hydrogen (secondary N) is 5. The quantitative estimate of drug-likeness (QED) is 0.0552. The zero-order valence-electron chi connectivity index (χ0n) is 29.1. The molecule has 0 spiro atoms. The Hall–Kier alpha value is -5.97. The van der Waals surface area contributed by atoms with E-state index in [1.165, 1.54) is 29.2 Å². The van der Waals surface area contributed by atoms with Gasteiger partial charge in [-0.3, -0.25) is 33.8 Å². The molecule has 11 N–H and O–H groups in total. The van der Waals surface area contributed by atoms with Crippen molar-refractivity contribution in [1.29, 1.82) is 0 Å². The van der Waals surface area contributed by atoms with Gasteiger partial charge in [-0.25, -0.2) is 0 Å². The molecular weight excluding hydrogens is 686 g/mol. The number of carbonyl (C=O) groups excluding carboxylic acids is 6. The summed E-state index contributed by atoms with van der Waals surface area (Å²) in [5.74, 6) is -3.56. The van der Waals surface area contributed by atoms with Crippen molar-refractivity contribution in [3.05, 3.63) is 77.9 Å². The summed E-state index contributed by atoms with van der Waals surface area (Å²) in [5.41, 5.74) is 12.3. The molecule has 17 heteroatoms. The van der Waals surface area contributed by atoms with Crippen LogP contribution in [0.3, 0.4) is 0 Å². The maximum absolute atomic E-state index is 14.0. The van der Waals surface area contributed by atoms with E-state index in [1.807, 2.05) is 0 Å². The fourth-order valence-electron chi connectivity index (χ4n) is 6.21. The van der Waals surface area contributed by atoms with E-state index >= 15 is 0 Å². The summed E-state index contributed by atoms with van der Waals surface area (Å²) >= 11 is 0. The van der Waals surface area contributed by atoms with E-state index in [2.05, 4.69) is 31.6 Å². The topological polar surface area (TPSA) is 271 Å². The van der Waals surface area contributed by atoms with E-state index in [4.69, 9.17) is 11.5 Å². The number of aliphatic hydroxyl groups is 1. The van der Waals surface area contributed by atoms with Gasteiger partial charge in [-0.2, -0.15) is 0 Å². The number of nitrogens with zero attached hydrogens (tertiary/aromatic N) is 2. The summed E-state index contributed by atoms with van der Waals surface area (Å²) in [6.45, 7) is 0.0228. The number of phenols is 1. The number of hydrogen-bond acceptors (Lipinski definition) is 9. The minimum Gasteiger partial charge on any atom is -0.508 e. The lowest BCUT2D eigenvalue weighted by molar-refractivity contribution is -0.142. The van der Waals surface area contributed by atoms with Crippen molar-refractivity contribution in [3.63, 3.8) is 0 Å². The monoisotopic (exact) mass is 733 g/mol. The van der Waals surface area contributed by atoms with Crippen molar-refractivity contribution in [2.24, 2.45) is 16.5 Å². The SMILES string of the molecule is NC(N)=NCCC[C@@H]1NC(=O)[C@@H]2CCCN2C(=O)[C@@H](NC=O)CNC(=O)/C=C/[C@H](Cc2ccc(O)cc2)NC(=O)[C@@H](Cc2ccccc2)NC(=O)[C@@H]1O. The Morgan fingerprint density at radius 1 is 0.925 bits per heavy atom. The van der Waals surface area contributed by atoms with E-state index in [0.29, 0.717) is 24.0 Å². The lowest BCUT2D eigenvalue weighted by atomic mass is 10.0. The molecule has 2 aliphatic heterocycles. The van der Waals surface area contributed by atoms with Gasteiger partial charge in [0.2, 0.25) is 30.0 Å². The molecule has 2 heterocycles. The molecule has 4 rings (SSSR count). The van der Waals surface area contributed by atoms with Crippen LogP contribution in [0.25, 0.3) is 0 Å². The van der Waals surface area contributed by atoms with Gasteiger partial charge in [0.15, 0.2) is 12.1 Å². The molecule has 0 saturated carbocycles. The zero-order valence-corrected chi connectivity index (χ0v) is 29.1. The Morgan fingerprint density at radius 2 is 1.64 bits per heavy atom. The van der Waals surface area contributed by atoms with Crippen molar-refractivity contribution in [2.75, 3.05) is 19.6 Å². The fraction of sp³-hybridized carbons (Fsp3) is 0.417. The third kappa shape index (κ3) is 12.1. The summed E-state index contributed by atoms with van der Waals surface area (Å²) in [6.07, 6.45) is 2.35. The number of amides is 6. The van der Waals surface area contributed by atoms with Gasteiger partial charge in [-0.1, -0.05) is 48.5 Å². The van der Waals surface area contributed by atoms with Gasteiger partial charge in [0.1, 0.15) is 23.9 Å². The number of phenolic OH excluding ortho intramolecular Hbond substituents is 1. The Bertz CT molecular complexity index is 1650. The van der Waals surface area contributed by atoms with Crippen LogP contribution in [0, 0.1) is 0 Å². The highest BCUT2D eigenvalue weighted by Crippen LogP contribution is 2.20. The number of aromatic hydroxyl groups is 1. The summed E-state index contributed by atoms with van der Waals surface area (Å²) < 4.78 is 0. The number of carbonyl (C=O) groups is 6. The molecule has 2 aliphatic rings. The summed E-state index contributed by atoms with van der Waals surface area (Å²) in [4.78, 5) is 84.7. The third-order valence-corrected chi connectivity index (χ3v) is 8.95. The van der Waals surface area contributed by atoms with Crippen LogP contribution in [-0.4, -0.2) is 113 Å². The molecule has 6 atom stereocenters. The van der Waals surface area contributed by atoms with E-state index in [0.717, 1.165) is 0 Å². The highest BCUT2D eigenvalue weighted by molar-refractivity contribution is 5.94. The number of guanidine groups is 1. The smallest absolute Gasteiger partial charge is 0.251 e. The van der Waals surface area contributed by atoms with E-state index in [9.17, 15) is 39.0 Å². The predicted molar refractivity (Wildman–Crippen MR) is 194 cm³/mol. The molecule has 0 aliphatic carbocycles. The molecular formula is C36H47N9O8. The van der Waals surface area contributed by atoms with Crippen LogP contribution in [0.15, 0.2) is 71.7 Å². The lowest BCUT2D eigenvalue weighted by Gasteiger charge is -2.31. The first-order chi connectivity index (χ1) is 25.4. The molecule has 2 aromatic rings. The van der Waals surface area contributed by atoms with Gasteiger partial charge in [0, 0.05) is 32.1 Å². The van der Waals surface area contributed by atoms with E-state index in [1.54, 1.807) is 42.5 Å². The lowest BCUT2D eigenvalue weighted by Crippen LogP contribution is -2.59. The molecule has 17 nitrogen and oxygen atoms in total. The van der Waals surface area contributed by atoms with Crippen LogP contribution in [0.5, 0.6) is 5.75 Å². The van der Waals surface area contributed by atoms with E-state index < -0.39 is 65.8 Å². The third-order valence-electron chi connectivity index (χ3n) is 8.95. The maximum atomic E-state index is 14.0. The average molecular weight is 734 g/mol. The molecule has 0 aromatic heterocycles. The van der Waals surface area contributed by atoms with Crippen molar-refractivity contribution in [3.8, 4) is 5.75 Å². The average Bonchev–Trinajstić information content (AvgIpc) is 3.64. The van der Waals surface area contributed by atoms with E-state index in [-0.39, 0.29) is 63.4 Å². The Morgan fingerprint density at radius 3 is 2.34 bits per heavy atom. The first kappa shape index (κ1) is 39.8. The first-order valence-electron chi connectivity index (χ1n) is 17.4. The Balaban J connectivity index is 1.71.